The van der Waals surface area contributed by atoms with Gasteiger partial charge in [0.25, 0.3) is 0 Å². The number of fused-ring (bicyclic) bond motifs is 1. The molecule has 0 aromatic carbocycles. The summed E-state index contributed by atoms with van der Waals surface area (Å²) >= 11 is 0. The number of ketones is 1. The molecule has 36 heavy (non-hydrogen) atoms. The van der Waals surface area contributed by atoms with Crippen molar-refractivity contribution in [1.82, 2.24) is 0 Å². The molecule has 5 heterocycles. The number of ether oxygens (including phenoxy) is 4. The quantitative estimate of drug-likeness (QED) is 0.542. The van der Waals surface area contributed by atoms with Crippen LogP contribution in [0.4, 0.5) is 0 Å². The Hall–Kier alpha value is -2.27. The number of hydrogen-bond acceptors (Lipinski definition) is 10. The average Bonchev–Trinajstić information content (AvgIpc) is 3.37. The Morgan fingerprint density at radius 3 is 2.53 bits per heavy atom. The van der Waals surface area contributed by atoms with Crippen molar-refractivity contribution in [3.8, 4) is 0 Å². The highest BCUT2D eigenvalue weighted by molar-refractivity contribution is 5.89. The first kappa shape index (κ1) is 22.9. The van der Waals surface area contributed by atoms with Crippen LogP contribution in [0.2, 0.25) is 0 Å². The summed E-state index contributed by atoms with van der Waals surface area (Å²) in [7, 11) is 0. The minimum Gasteiger partial charge on any atom is -0.472 e. The van der Waals surface area contributed by atoms with Gasteiger partial charge in [-0.1, -0.05) is 27.7 Å². The molecule has 2 N–H and O–H groups in total. The maximum Gasteiger partial charge on any atom is 0.337 e. The second kappa shape index (κ2) is 6.23. The minimum absolute atomic E-state index is 0.0402. The Morgan fingerprint density at radius 2 is 1.83 bits per heavy atom. The Balaban J connectivity index is 1.58. The Bertz CT molecular complexity index is 1210. The number of carbonyl (C=O) groups is 3. The van der Waals surface area contributed by atoms with Crippen LogP contribution in [0, 0.1) is 28.1 Å². The van der Waals surface area contributed by atoms with Crippen LogP contribution in [0.1, 0.15) is 58.6 Å². The standard InChI is InChI=1S/C26H30O10/c1-21(2)14(27)7-15-23(4)18(21)17(29)20(30)36-26(23)13-8-22(3,19(35-26)12-5-6-32-10-12)25(34-15)9-16(28)33-11-24(13,25)31/h5-6,10,13,15,17-19,29,31H,7-9,11H2,1-4H3/t13-,15-,17+,18-,19+,22-,23-,24+,25+,26+/m0/s1. The number of aliphatic hydroxyl groups excluding tert-OH is 1. The molecule has 0 radical (unpaired) electrons. The van der Waals surface area contributed by atoms with Crippen molar-refractivity contribution in [3.05, 3.63) is 24.2 Å². The van der Waals surface area contributed by atoms with E-state index in [-0.39, 0.29) is 25.2 Å². The third-order valence-corrected chi connectivity index (χ3v) is 10.9. The summed E-state index contributed by atoms with van der Waals surface area (Å²) in [5, 5.41) is 23.7. The van der Waals surface area contributed by atoms with Crippen LogP contribution in [-0.2, 0) is 33.3 Å². The highest BCUT2D eigenvalue weighted by Crippen LogP contribution is 2.79. The Morgan fingerprint density at radius 1 is 1.08 bits per heavy atom. The summed E-state index contributed by atoms with van der Waals surface area (Å²) in [6.45, 7) is 6.78. The Kier molecular flexibility index (Phi) is 3.96. The summed E-state index contributed by atoms with van der Waals surface area (Å²) in [4.78, 5) is 39.7. The predicted molar refractivity (Wildman–Crippen MR) is 117 cm³/mol. The van der Waals surface area contributed by atoms with Gasteiger partial charge in [0.05, 0.1) is 42.5 Å². The van der Waals surface area contributed by atoms with E-state index in [9.17, 15) is 24.6 Å². The predicted octanol–water partition coefficient (Wildman–Crippen LogP) is 1.43. The lowest BCUT2D eigenvalue weighted by Crippen LogP contribution is -2.78. The van der Waals surface area contributed by atoms with E-state index in [4.69, 9.17) is 23.4 Å². The molecule has 10 nitrogen and oxygen atoms in total. The van der Waals surface area contributed by atoms with Crippen molar-refractivity contribution >= 4 is 17.7 Å². The fourth-order valence-electron chi connectivity index (χ4n) is 9.23. The van der Waals surface area contributed by atoms with E-state index < -0.39 is 75.3 Å². The summed E-state index contributed by atoms with van der Waals surface area (Å²) < 4.78 is 30.8. The molecule has 2 saturated carbocycles. The van der Waals surface area contributed by atoms with Crippen molar-refractivity contribution in [3.63, 3.8) is 0 Å². The summed E-state index contributed by atoms with van der Waals surface area (Å²) in [5.74, 6) is -5.16. The molecule has 6 aliphatic rings. The highest BCUT2D eigenvalue weighted by Gasteiger charge is 2.91. The van der Waals surface area contributed by atoms with Crippen molar-refractivity contribution < 1.29 is 48.0 Å². The molecular formula is C26H30O10. The lowest BCUT2D eigenvalue weighted by Gasteiger charge is -2.68. The SMILES string of the molecule is CC1(C)C(=O)C[C@@H]2O[C@@]34CC(=O)OC[C@@]3(O)[C@@H]3C[C@@]4(C)[C@@H](c4ccoc4)O[C@@]34OC(=O)[C@H](O)[C@@H]1[C@]24C. The first-order valence-electron chi connectivity index (χ1n) is 12.5. The molecule has 4 aliphatic heterocycles. The number of aliphatic hydroxyl groups is 2. The fourth-order valence-corrected chi connectivity index (χ4v) is 9.23. The molecule has 2 aliphatic carbocycles. The smallest absolute Gasteiger partial charge is 0.337 e. The number of hydrogen-bond donors (Lipinski definition) is 2. The molecule has 10 heteroatoms. The van der Waals surface area contributed by atoms with Crippen LogP contribution in [0.15, 0.2) is 23.0 Å². The van der Waals surface area contributed by atoms with Gasteiger partial charge in [0, 0.05) is 28.7 Å². The van der Waals surface area contributed by atoms with Crippen molar-refractivity contribution in [2.45, 2.75) is 82.3 Å². The molecule has 1 aromatic heterocycles. The van der Waals surface area contributed by atoms with Crippen molar-refractivity contribution in [2.24, 2.45) is 28.1 Å². The van der Waals surface area contributed by atoms with Gasteiger partial charge in [-0.2, -0.15) is 0 Å². The van der Waals surface area contributed by atoms with Gasteiger partial charge in [0.15, 0.2) is 6.10 Å². The van der Waals surface area contributed by atoms with Crippen molar-refractivity contribution in [2.75, 3.05) is 6.61 Å². The second-order valence-electron chi connectivity index (χ2n) is 12.6. The second-order valence-corrected chi connectivity index (χ2v) is 12.6. The summed E-state index contributed by atoms with van der Waals surface area (Å²) in [6, 6.07) is 1.74. The average molecular weight is 503 g/mol. The molecule has 1 aromatic rings. The lowest BCUT2D eigenvalue weighted by atomic mass is 9.46. The van der Waals surface area contributed by atoms with Crippen molar-refractivity contribution in [1.29, 1.82) is 0 Å². The minimum atomic E-state index is -1.77. The van der Waals surface area contributed by atoms with E-state index >= 15 is 0 Å². The van der Waals surface area contributed by atoms with Crippen LogP contribution in [0.5, 0.6) is 0 Å². The Labute approximate surface area is 207 Å². The molecule has 194 valence electrons. The van der Waals surface area contributed by atoms with Gasteiger partial charge in [-0.05, 0) is 12.5 Å². The van der Waals surface area contributed by atoms with Crippen LogP contribution in [-0.4, -0.2) is 63.7 Å². The van der Waals surface area contributed by atoms with Crippen LogP contribution in [0.3, 0.4) is 0 Å². The molecule has 0 unspecified atom stereocenters. The van der Waals surface area contributed by atoms with Gasteiger partial charge in [-0.3, -0.25) is 9.59 Å². The third kappa shape index (κ3) is 2.06. The fraction of sp³-hybridized carbons (Fsp3) is 0.731. The van der Waals surface area contributed by atoms with Gasteiger partial charge >= 0.3 is 11.9 Å². The van der Waals surface area contributed by atoms with E-state index in [1.807, 2.05) is 13.8 Å². The molecule has 4 saturated heterocycles. The van der Waals surface area contributed by atoms with E-state index in [1.54, 1.807) is 19.9 Å². The topological polar surface area (TPSA) is 142 Å². The van der Waals surface area contributed by atoms with E-state index in [1.165, 1.54) is 12.5 Å². The molecule has 10 atom stereocenters. The molecule has 3 bridgehead atoms. The van der Waals surface area contributed by atoms with E-state index in [2.05, 4.69) is 0 Å². The maximum atomic E-state index is 13.5. The molecule has 1 spiro atoms. The number of carbonyl (C=O) groups excluding carboxylic acids is 3. The molecule has 7 rings (SSSR count). The number of rotatable bonds is 1. The summed E-state index contributed by atoms with van der Waals surface area (Å²) in [6.07, 6.45) is -0.238. The number of furan rings is 1. The zero-order valence-electron chi connectivity index (χ0n) is 20.6. The van der Waals surface area contributed by atoms with Gasteiger partial charge in [0.2, 0.25) is 5.79 Å². The van der Waals surface area contributed by atoms with Gasteiger partial charge < -0.3 is 33.6 Å². The molecular weight excluding hydrogens is 472 g/mol. The molecule has 6 fully saturated rings. The van der Waals surface area contributed by atoms with E-state index in [0.29, 0.717) is 12.0 Å². The first-order chi connectivity index (χ1) is 16.8. The normalized spacial score (nSPS) is 54.3. The number of cyclic esters (lactones) is 1. The molecule has 0 amide bonds. The van der Waals surface area contributed by atoms with Crippen LogP contribution < -0.4 is 0 Å². The monoisotopic (exact) mass is 502 g/mol. The number of esters is 2. The van der Waals surface area contributed by atoms with E-state index in [0.717, 1.165) is 0 Å². The van der Waals surface area contributed by atoms with Gasteiger partial charge in [-0.15, -0.1) is 0 Å². The largest absolute Gasteiger partial charge is 0.472 e. The third-order valence-electron chi connectivity index (χ3n) is 10.9. The highest BCUT2D eigenvalue weighted by atomic mass is 16.7. The maximum absolute atomic E-state index is 13.5. The zero-order valence-corrected chi connectivity index (χ0v) is 20.6. The lowest BCUT2D eigenvalue weighted by molar-refractivity contribution is -0.423. The van der Waals surface area contributed by atoms with Gasteiger partial charge in [-0.25, -0.2) is 4.79 Å². The first-order valence-corrected chi connectivity index (χ1v) is 12.5. The zero-order chi connectivity index (χ0) is 25.7. The van der Waals surface area contributed by atoms with Gasteiger partial charge in [0.1, 0.15) is 23.6 Å². The summed E-state index contributed by atoms with van der Waals surface area (Å²) in [5.41, 5.74) is -5.94. The number of Topliss-reactive ketones (excluding diaryl/α,β-unsaturated/α-hetero) is 1. The van der Waals surface area contributed by atoms with Crippen LogP contribution >= 0.6 is 0 Å². The van der Waals surface area contributed by atoms with Crippen LogP contribution in [0.25, 0.3) is 0 Å².